The van der Waals surface area contributed by atoms with Gasteiger partial charge in [-0.15, -0.1) is 24.8 Å². The van der Waals surface area contributed by atoms with E-state index in [2.05, 4.69) is 19.2 Å². The summed E-state index contributed by atoms with van der Waals surface area (Å²) in [7, 11) is 0. The third kappa shape index (κ3) is 9.67. The van der Waals surface area contributed by atoms with Crippen LogP contribution in [0.15, 0.2) is 72.8 Å². The molecule has 0 saturated carbocycles. The largest absolute Gasteiger partial charge is 0.482 e. The highest BCUT2D eigenvalue weighted by Gasteiger charge is 2.15. The van der Waals surface area contributed by atoms with Crippen molar-refractivity contribution in [2.24, 2.45) is 5.73 Å². The Balaban J connectivity index is 0.00000342. The van der Waals surface area contributed by atoms with Crippen LogP contribution in [-0.2, 0) is 16.1 Å². The van der Waals surface area contributed by atoms with E-state index in [1.807, 2.05) is 41.3 Å². The van der Waals surface area contributed by atoms with E-state index in [-0.39, 0.29) is 43.1 Å². The number of nitrogen functional groups attached to an aromatic ring is 1. The van der Waals surface area contributed by atoms with Gasteiger partial charge in [0.05, 0.1) is 6.54 Å². The number of carbonyl (C=O) groups excluding carboxylic acids is 1. The molecule has 0 aliphatic carbocycles. The highest BCUT2D eigenvalue weighted by molar-refractivity contribution is 5.97. The number of amides is 1. The summed E-state index contributed by atoms with van der Waals surface area (Å²) >= 11 is 0. The van der Waals surface area contributed by atoms with Crippen LogP contribution in [0.4, 0.5) is 11.4 Å². The molecule has 198 valence electrons. The number of hydrogen-bond acceptors (Lipinski definition) is 5. The number of aliphatic carboxylic acids is 1. The third-order valence-electron chi connectivity index (χ3n) is 5.35. The van der Waals surface area contributed by atoms with Gasteiger partial charge < -0.3 is 25.8 Å². The van der Waals surface area contributed by atoms with Gasteiger partial charge in [-0.3, -0.25) is 10.2 Å². The van der Waals surface area contributed by atoms with Crippen molar-refractivity contribution < 1.29 is 19.4 Å². The Morgan fingerprint density at radius 2 is 1.70 bits per heavy atom. The van der Waals surface area contributed by atoms with Crippen LogP contribution in [0, 0.1) is 5.41 Å². The molecule has 0 fully saturated rings. The average molecular weight is 547 g/mol. The molecule has 1 amide bonds. The van der Waals surface area contributed by atoms with E-state index >= 15 is 0 Å². The number of nitrogens with one attached hydrogen (secondary N) is 2. The van der Waals surface area contributed by atoms with E-state index in [1.54, 1.807) is 36.4 Å². The van der Waals surface area contributed by atoms with Crippen molar-refractivity contribution in [1.82, 2.24) is 0 Å². The normalized spacial score (nSPS) is 10.0. The molecule has 0 bridgehead atoms. The molecule has 0 saturated heterocycles. The number of carbonyl (C=O) groups is 2. The Bertz CT molecular complexity index is 1200. The maximum atomic E-state index is 13.0. The molecule has 3 rings (SSSR count). The molecule has 10 heteroatoms. The van der Waals surface area contributed by atoms with E-state index in [9.17, 15) is 9.59 Å². The standard InChI is InChI=1S/C27H30N4O4.2ClH/c1-18(2)20-9-11-22(12-10-20)30-25(32)16-31(23-7-4-6-21(14-23)27(28)29)15-19-5-3-8-24(13-19)35-17-26(33)34;;/h3-14,18H,15-17H2,1-2H3,(H3,28,29)(H,30,32)(H,33,34);2*1H. The minimum Gasteiger partial charge on any atom is -0.482 e. The van der Waals surface area contributed by atoms with Crippen molar-refractivity contribution in [1.29, 1.82) is 5.41 Å². The smallest absolute Gasteiger partial charge is 0.341 e. The molecule has 0 aliphatic rings. The van der Waals surface area contributed by atoms with Crippen molar-refractivity contribution in [2.45, 2.75) is 26.3 Å². The Morgan fingerprint density at radius 1 is 1.03 bits per heavy atom. The summed E-state index contributed by atoms with van der Waals surface area (Å²) in [6.07, 6.45) is 0. The first kappa shape index (κ1) is 31.3. The van der Waals surface area contributed by atoms with Gasteiger partial charge in [-0.25, -0.2) is 4.79 Å². The number of benzene rings is 3. The molecule has 0 aromatic heterocycles. The maximum Gasteiger partial charge on any atom is 0.341 e. The van der Waals surface area contributed by atoms with Crippen LogP contribution in [0.5, 0.6) is 5.75 Å². The number of halogens is 2. The van der Waals surface area contributed by atoms with E-state index in [1.165, 1.54) is 5.56 Å². The fourth-order valence-electron chi connectivity index (χ4n) is 3.53. The van der Waals surface area contributed by atoms with Crippen LogP contribution < -0.4 is 20.7 Å². The van der Waals surface area contributed by atoms with Crippen LogP contribution in [0.3, 0.4) is 0 Å². The van der Waals surface area contributed by atoms with Gasteiger partial charge in [0.1, 0.15) is 11.6 Å². The molecular weight excluding hydrogens is 515 g/mol. The Kier molecular flexibility index (Phi) is 12.4. The predicted octanol–water partition coefficient (Wildman–Crippen LogP) is 5.05. The zero-order valence-corrected chi connectivity index (χ0v) is 22.3. The van der Waals surface area contributed by atoms with Gasteiger partial charge in [0.2, 0.25) is 5.91 Å². The molecule has 5 N–H and O–H groups in total. The summed E-state index contributed by atoms with van der Waals surface area (Å²) in [4.78, 5) is 25.6. The summed E-state index contributed by atoms with van der Waals surface area (Å²) in [6, 6.07) is 22.0. The summed E-state index contributed by atoms with van der Waals surface area (Å²) < 4.78 is 5.29. The molecule has 0 unspecified atom stereocenters. The maximum absolute atomic E-state index is 13.0. The van der Waals surface area contributed by atoms with Crippen LogP contribution in [0.25, 0.3) is 0 Å². The van der Waals surface area contributed by atoms with Crippen LogP contribution in [0.1, 0.15) is 36.5 Å². The van der Waals surface area contributed by atoms with Gasteiger partial charge in [-0.1, -0.05) is 50.2 Å². The third-order valence-corrected chi connectivity index (χ3v) is 5.35. The molecule has 0 aliphatic heterocycles. The Labute approximate surface area is 229 Å². The number of amidine groups is 1. The second-order valence-corrected chi connectivity index (χ2v) is 8.47. The highest BCUT2D eigenvalue weighted by Crippen LogP contribution is 2.22. The molecule has 0 atom stereocenters. The van der Waals surface area contributed by atoms with Crippen molar-refractivity contribution in [3.8, 4) is 5.75 Å². The molecule has 3 aromatic rings. The van der Waals surface area contributed by atoms with Crippen LogP contribution in [0.2, 0.25) is 0 Å². The molecule has 0 spiro atoms. The topological polar surface area (TPSA) is 129 Å². The van der Waals surface area contributed by atoms with Crippen LogP contribution in [-0.4, -0.2) is 36.0 Å². The number of nitrogens with two attached hydrogens (primary N) is 1. The molecule has 0 radical (unpaired) electrons. The number of hydrogen-bond donors (Lipinski definition) is 4. The zero-order valence-electron chi connectivity index (χ0n) is 20.6. The minimum absolute atomic E-state index is 0. The summed E-state index contributed by atoms with van der Waals surface area (Å²) in [5.41, 5.74) is 9.67. The number of rotatable bonds is 11. The number of carboxylic acids is 1. The Morgan fingerprint density at radius 3 is 2.32 bits per heavy atom. The lowest BCUT2D eigenvalue weighted by Gasteiger charge is -2.25. The lowest BCUT2D eigenvalue weighted by Crippen LogP contribution is -2.33. The Hall–Kier alpha value is -3.75. The molecule has 8 nitrogen and oxygen atoms in total. The van der Waals surface area contributed by atoms with Gasteiger partial charge in [0.25, 0.3) is 0 Å². The fraction of sp³-hybridized carbons (Fsp3) is 0.222. The van der Waals surface area contributed by atoms with E-state index in [0.717, 1.165) is 11.3 Å². The number of anilines is 2. The van der Waals surface area contributed by atoms with E-state index < -0.39 is 12.6 Å². The SMILES string of the molecule is CC(C)c1ccc(NC(=O)CN(Cc2cccc(OCC(=O)O)c2)c2cccc(C(=N)N)c2)cc1.Cl.Cl. The van der Waals surface area contributed by atoms with Crippen molar-refractivity contribution in [2.75, 3.05) is 23.4 Å². The van der Waals surface area contributed by atoms with Gasteiger partial charge >= 0.3 is 5.97 Å². The van der Waals surface area contributed by atoms with Crippen molar-refractivity contribution in [3.63, 3.8) is 0 Å². The first-order valence-corrected chi connectivity index (χ1v) is 11.2. The monoisotopic (exact) mass is 546 g/mol. The first-order valence-electron chi connectivity index (χ1n) is 11.2. The van der Waals surface area contributed by atoms with Crippen molar-refractivity contribution in [3.05, 3.63) is 89.5 Å². The van der Waals surface area contributed by atoms with Gasteiger partial charge in [0.15, 0.2) is 6.61 Å². The van der Waals surface area contributed by atoms with Gasteiger partial charge in [-0.05, 0) is 53.4 Å². The molecule has 3 aromatic carbocycles. The highest BCUT2D eigenvalue weighted by atomic mass is 35.5. The minimum atomic E-state index is -1.06. The summed E-state index contributed by atoms with van der Waals surface area (Å²) in [5.74, 6) is -0.494. The summed E-state index contributed by atoms with van der Waals surface area (Å²) in [5, 5.41) is 19.6. The van der Waals surface area contributed by atoms with Gasteiger partial charge in [0, 0.05) is 23.5 Å². The second-order valence-electron chi connectivity index (χ2n) is 8.47. The molecule has 37 heavy (non-hydrogen) atoms. The molecular formula is C27H32Cl2N4O4. The van der Waals surface area contributed by atoms with E-state index in [0.29, 0.717) is 29.5 Å². The number of ether oxygens (including phenoxy) is 1. The fourth-order valence-corrected chi connectivity index (χ4v) is 3.53. The lowest BCUT2D eigenvalue weighted by atomic mass is 10.0. The van der Waals surface area contributed by atoms with Crippen LogP contribution >= 0.6 is 24.8 Å². The second kappa shape index (κ2) is 14.7. The lowest BCUT2D eigenvalue weighted by molar-refractivity contribution is -0.139. The van der Waals surface area contributed by atoms with E-state index in [4.69, 9.17) is 21.0 Å². The van der Waals surface area contributed by atoms with Crippen molar-refractivity contribution >= 4 is 53.9 Å². The van der Waals surface area contributed by atoms with Gasteiger partial charge in [-0.2, -0.15) is 0 Å². The average Bonchev–Trinajstić information content (AvgIpc) is 2.83. The predicted molar refractivity (Wildman–Crippen MR) is 152 cm³/mol. The number of nitrogens with zero attached hydrogens (tertiary/aromatic N) is 1. The number of carboxylic acid groups (broad SMARTS) is 1. The molecule has 0 heterocycles. The quantitative estimate of drug-likeness (QED) is 0.197. The zero-order chi connectivity index (χ0) is 25.4. The summed E-state index contributed by atoms with van der Waals surface area (Å²) in [6.45, 7) is 4.19. The first-order chi connectivity index (χ1) is 16.7.